The molecule has 0 fully saturated rings. The molecule has 40 heavy (non-hydrogen) atoms. The van der Waals surface area contributed by atoms with E-state index in [4.69, 9.17) is 33.0 Å². The first kappa shape index (κ1) is 28.8. The van der Waals surface area contributed by atoms with Gasteiger partial charge in [0, 0.05) is 42.0 Å². The number of nitrogens with zero attached hydrogens (tertiary/aromatic N) is 3. The summed E-state index contributed by atoms with van der Waals surface area (Å²) in [5.74, 6) is -1.25. The monoisotopic (exact) mass is 581 g/mol. The third kappa shape index (κ3) is 5.99. The molecule has 0 saturated carbocycles. The van der Waals surface area contributed by atoms with Crippen LogP contribution in [0.3, 0.4) is 0 Å². The molecule has 0 radical (unpaired) electrons. The van der Waals surface area contributed by atoms with Gasteiger partial charge in [0.2, 0.25) is 5.88 Å². The molecule has 12 heteroatoms. The predicted molar refractivity (Wildman–Crippen MR) is 153 cm³/mol. The largest absolute Gasteiger partial charge is 0.481 e. The summed E-state index contributed by atoms with van der Waals surface area (Å²) in [6, 6.07) is 14.7. The highest BCUT2D eigenvalue weighted by Gasteiger charge is 2.19. The van der Waals surface area contributed by atoms with E-state index in [-0.39, 0.29) is 17.1 Å². The first-order chi connectivity index (χ1) is 19.1. The standard InChI is InChI=1S/C28H25Cl2N5O5/c1-15(28(38)39)31-14-16-10-11-21(34-26(16)40-3)19-8-4-6-17(23(19)29)18-7-5-9-22(24(18)30)33-25(36)20-12-13-32-35(2)27(20)37/h4-13,15,31H,14H2,1-3H3,(H,33,36)(H,38,39)/t15-/m0/s1. The number of carbonyl (C=O) groups excluding carboxylic acids is 1. The predicted octanol–water partition coefficient (Wildman–Crippen LogP) is 4.64. The molecular formula is C28H25Cl2N5O5. The molecule has 10 nitrogen and oxygen atoms in total. The van der Waals surface area contributed by atoms with E-state index >= 15 is 0 Å². The maximum Gasteiger partial charge on any atom is 0.320 e. The van der Waals surface area contributed by atoms with Crippen LogP contribution in [0.1, 0.15) is 22.8 Å². The summed E-state index contributed by atoms with van der Waals surface area (Å²) in [7, 11) is 2.94. The Morgan fingerprint density at radius 2 is 1.70 bits per heavy atom. The fourth-order valence-corrected chi connectivity index (χ4v) is 4.52. The summed E-state index contributed by atoms with van der Waals surface area (Å²) in [5, 5.41) is 19.1. The number of anilines is 1. The molecule has 2 heterocycles. The van der Waals surface area contributed by atoms with Crippen molar-refractivity contribution >= 4 is 40.8 Å². The lowest BCUT2D eigenvalue weighted by Crippen LogP contribution is -2.33. The third-order valence-electron chi connectivity index (χ3n) is 6.16. The van der Waals surface area contributed by atoms with E-state index in [9.17, 15) is 14.4 Å². The Hall–Kier alpha value is -4.25. The number of rotatable bonds is 9. The molecule has 1 amide bonds. The van der Waals surface area contributed by atoms with Gasteiger partial charge in [0.15, 0.2) is 0 Å². The topological polar surface area (TPSA) is 135 Å². The highest BCUT2D eigenvalue weighted by molar-refractivity contribution is 6.39. The summed E-state index contributed by atoms with van der Waals surface area (Å²) in [5.41, 5.74) is 2.68. The fraction of sp³-hybridized carbons (Fsp3) is 0.179. The summed E-state index contributed by atoms with van der Waals surface area (Å²) < 4.78 is 6.52. The van der Waals surface area contributed by atoms with Crippen molar-refractivity contribution in [2.75, 3.05) is 12.4 Å². The van der Waals surface area contributed by atoms with Gasteiger partial charge in [-0.05, 0) is 25.1 Å². The molecule has 2 aromatic heterocycles. The zero-order chi connectivity index (χ0) is 29.0. The van der Waals surface area contributed by atoms with Gasteiger partial charge in [-0.2, -0.15) is 5.10 Å². The normalized spacial score (nSPS) is 11.6. The molecule has 0 aliphatic rings. The lowest BCUT2D eigenvalue weighted by molar-refractivity contribution is -0.139. The average molecular weight is 582 g/mol. The number of pyridine rings is 1. The number of halogens is 2. The molecule has 0 aliphatic heterocycles. The summed E-state index contributed by atoms with van der Waals surface area (Å²) in [4.78, 5) is 40.8. The molecule has 2 aromatic carbocycles. The lowest BCUT2D eigenvalue weighted by Gasteiger charge is -2.15. The van der Waals surface area contributed by atoms with Crippen LogP contribution >= 0.6 is 23.2 Å². The Labute approximate surface area is 239 Å². The fourth-order valence-electron chi connectivity index (χ4n) is 3.92. The van der Waals surface area contributed by atoms with Crippen LogP contribution in [0.5, 0.6) is 5.88 Å². The van der Waals surface area contributed by atoms with E-state index in [2.05, 4.69) is 20.7 Å². The van der Waals surface area contributed by atoms with Crippen LogP contribution in [0, 0.1) is 0 Å². The molecule has 1 atom stereocenters. The van der Waals surface area contributed by atoms with Crippen molar-refractivity contribution in [1.29, 1.82) is 0 Å². The van der Waals surface area contributed by atoms with Gasteiger partial charge in [0.05, 0.1) is 28.5 Å². The molecule has 0 saturated heterocycles. The molecule has 0 spiro atoms. The molecule has 0 aliphatic carbocycles. The Balaban J connectivity index is 1.66. The number of carbonyl (C=O) groups is 2. The molecular weight excluding hydrogens is 557 g/mol. The third-order valence-corrected chi connectivity index (χ3v) is 6.98. The van der Waals surface area contributed by atoms with Crippen molar-refractivity contribution in [2.24, 2.45) is 7.05 Å². The summed E-state index contributed by atoms with van der Waals surface area (Å²) in [6.07, 6.45) is 1.36. The first-order valence-corrected chi connectivity index (χ1v) is 12.8. The van der Waals surface area contributed by atoms with Gasteiger partial charge in [-0.1, -0.05) is 59.6 Å². The number of aryl methyl sites for hydroxylation is 1. The zero-order valence-electron chi connectivity index (χ0n) is 21.7. The molecule has 0 unspecified atom stereocenters. The first-order valence-electron chi connectivity index (χ1n) is 12.0. The van der Waals surface area contributed by atoms with Crippen molar-refractivity contribution in [3.8, 4) is 28.3 Å². The van der Waals surface area contributed by atoms with Gasteiger partial charge in [0.1, 0.15) is 11.6 Å². The minimum absolute atomic E-state index is 0.0740. The van der Waals surface area contributed by atoms with E-state index < -0.39 is 23.5 Å². The second-order valence-corrected chi connectivity index (χ2v) is 9.52. The van der Waals surface area contributed by atoms with Crippen LogP contribution in [0.4, 0.5) is 5.69 Å². The molecule has 206 valence electrons. The highest BCUT2D eigenvalue weighted by atomic mass is 35.5. The second-order valence-electron chi connectivity index (χ2n) is 8.77. The van der Waals surface area contributed by atoms with E-state index in [1.165, 1.54) is 26.4 Å². The quantitative estimate of drug-likeness (QED) is 0.260. The zero-order valence-corrected chi connectivity index (χ0v) is 23.2. The van der Waals surface area contributed by atoms with E-state index in [0.717, 1.165) is 4.68 Å². The maximum absolute atomic E-state index is 12.8. The van der Waals surface area contributed by atoms with E-state index in [1.54, 1.807) is 55.5 Å². The second kappa shape index (κ2) is 12.3. The number of methoxy groups -OCH3 is 1. The number of hydrogen-bond donors (Lipinski definition) is 3. The molecule has 3 N–H and O–H groups in total. The molecule has 4 aromatic rings. The van der Waals surface area contributed by atoms with Crippen molar-refractivity contribution in [3.05, 3.63) is 92.3 Å². The molecule has 4 rings (SSSR count). The average Bonchev–Trinajstić information content (AvgIpc) is 2.94. The van der Waals surface area contributed by atoms with Gasteiger partial charge in [-0.25, -0.2) is 9.67 Å². The van der Waals surface area contributed by atoms with Crippen LogP contribution in [0.15, 0.2) is 65.6 Å². The van der Waals surface area contributed by atoms with Crippen molar-refractivity contribution in [2.45, 2.75) is 19.5 Å². The van der Waals surface area contributed by atoms with Gasteiger partial charge in [0.25, 0.3) is 11.5 Å². The minimum atomic E-state index is -0.962. The highest BCUT2D eigenvalue weighted by Crippen LogP contribution is 2.41. The smallest absolute Gasteiger partial charge is 0.320 e. The minimum Gasteiger partial charge on any atom is -0.481 e. The maximum atomic E-state index is 12.8. The van der Waals surface area contributed by atoms with Crippen molar-refractivity contribution in [3.63, 3.8) is 0 Å². The van der Waals surface area contributed by atoms with Crippen LogP contribution in [-0.2, 0) is 18.4 Å². The Kier molecular flexibility index (Phi) is 8.83. The van der Waals surface area contributed by atoms with Crippen molar-refractivity contribution < 1.29 is 19.4 Å². The Morgan fingerprint density at radius 3 is 2.40 bits per heavy atom. The number of ether oxygens (including phenoxy) is 1. The summed E-state index contributed by atoms with van der Waals surface area (Å²) in [6.45, 7) is 1.80. The van der Waals surface area contributed by atoms with Gasteiger partial charge < -0.3 is 20.5 Å². The number of amides is 1. The van der Waals surface area contributed by atoms with Crippen LogP contribution in [-0.4, -0.2) is 44.9 Å². The number of benzene rings is 2. The van der Waals surface area contributed by atoms with E-state index in [1.807, 2.05) is 0 Å². The number of hydrogen-bond acceptors (Lipinski definition) is 7. The van der Waals surface area contributed by atoms with Crippen LogP contribution in [0.25, 0.3) is 22.4 Å². The van der Waals surface area contributed by atoms with Crippen LogP contribution < -0.4 is 20.9 Å². The SMILES string of the molecule is COc1nc(-c2cccc(-c3cccc(NC(=O)c4ccnn(C)c4=O)c3Cl)c2Cl)ccc1CN[C@@H](C)C(=O)O. The molecule has 0 bridgehead atoms. The van der Waals surface area contributed by atoms with Crippen molar-refractivity contribution in [1.82, 2.24) is 20.1 Å². The number of nitrogens with one attached hydrogen (secondary N) is 2. The Bertz CT molecular complexity index is 1660. The lowest BCUT2D eigenvalue weighted by atomic mass is 10.00. The number of aromatic nitrogens is 3. The van der Waals surface area contributed by atoms with Gasteiger partial charge >= 0.3 is 5.97 Å². The van der Waals surface area contributed by atoms with Gasteiger partial charge in [-0.3, -0.25) is 14.4 Å². The van der Waals surface area contributed by atoms with Gasteiger partial charge in [-0.15, -0.1) is 0 Å². The Morgan fingerprint density at radius 1 is 1.02 bits per heavy atom. The number of carboxylic acids is 1. The summed E-state index contributed by atoms with van der Waals surface area (Å²) >= 11 is 13.6. The van der Waals surface area contributed by atoms with E-state index in [0.29, 0.717) is 44.5 Å². The number of aliphatic carboxylic acids is 1. The number of carboxylic acid groups (broad SMARTS) is 1. The van der Waals surface area contributed by atoms with Crippen LogP contribution in [0.2, 0.25) is 10.0 Å².